The fraction of sp³-hybridized carbons (Fsp3) is 0.200. The number of amides is 1. The van der Waals surface area contributed by atoms with Gasteiger partial charge >= 0.3 is 0 Å². The first-order valence-corrected chi connectivity index (χ1v) is 8.13. The van der Waals surface area contributed by atoms with E-state index in [9.17, 15) is 4.79 Å². The van der Waals surface area contributed by atoms with E-state index in [1.165, 1.54) is 0 Å². The van der Waals surface area contributed by atoms with Gasteiger partial charge in [0.25, 0.3) is 0 Å². The summed E-state index contributed by atoms with van der Waals surface area (Å²) in [6, 6.07) is 17.4. The fourth-order valence-corrected chi connectivity index (χ4v) is 2.76. The Bertz CT molecular complexity index is 868. The maximum atomic E-state index is 12.4. The second kappa shape index (κ2) is 7.21. The number of anilines is 1. The van der Waals surface area contributed by atoms with E-state index < -0.39 is 0 Å². The summed E-state index contributed by atoms with van der Waals surface area (Å²) in [5.74, 6) is 0.712. The van der Waals surface area contributed by atoms with Crippen LogP contribution in [0, 0.1) is 13.8 Å². The van der Waals surface area contributed by atoms with Gasteiger partial charge < -0.3 is 10.1 Å². The quantitative estimate of drug-likeness (QED) is 0.774. The van der Waals surface area contributed by atoms with Gasteiger partial charge in [-0.3, -0.25) is 4.79 Å². The molecule has 0 radical (unpaired) electrons. The summed E-state index contributed by atoms with van der Waals surface area (Å²) in [6.07, 6.45) is 0.305. The minimum absolute atomic E-state index is 0.0658. The largest absolute Gasteiger partial charge is 0.497 e. The number of hydrogen-bond donors (Lipinski definition) is 1. The van der Waals surface area contributed by atoms with Crippen LogP contribution in [0.1, 0.15) is 17.0 Å². The summed E-state index contributed by atoms with van der Waals surface area (Å²) in [5, 5.41) is 7.54. The number of nitrogens with zero attached hydrogens (tertiary/aromatic N) is 2. The van der Waals surface area contributed by atoms with Gasteiger partial charge in [0.2, 0.25) is 5.91 Å². The Morgan fingerprint density at radius 2 is 1.76 bits per heavy atom. The first-order chi connectivity index (χ1) is 12.1. The van der Waals surface area contributed by atoms with E-state index in [0.717, 1.165) is 34.1 Å². The molecular formula is C20H21N3O2. The predicted octanol–water partition coefficient (Wildman–Crippen LogP) is 3.68. The smallest absolute Gasteiger partial charge is 0.228 e. The van der Waals surface area contributed by atoms with Crippen molar-refractivity contribution < 1.29 is 9.53 Å². The van der Waals surface area contributed by atoms with Crippen molar-refractivity contribution in [2.45, 2.75) is 20.3 Å². The van der Waals surface area contributed by atoms with Crippen LogP contribution < -0.4 is 10.1 Å². The molecule has 0 aliphatic heterocycles. The summed E-state index contributed by atoms with van der Waals surface area (Å²) in [4.78, 5) is 12.4. The Morgan fingerprint density at radius 3 is 2.40 bits per heavy atom. The monoisotopic (exact) mass is 335 g/mol. The summed E-state index contributed by atoms with van der Waals surface area (Å²) >= 11 is 0. The van der Waals surface area contributed by atoms with Crippen molar-refractivity contribution in [3.05, 3.63) is 71.5 Å². The van der Waals surface area contributed by atoms with E-state index in [2.05, 4.69) is 10.4 Å². The van der Waals surface area contributed by atoms with Crippen molar-refractivity contribution in [3.63, 3.8) is 0 Å². The van der Waals surface area contributed by atoms with Crippen molar-refractivity contribution in [2.24, 2.45) is 0 Å². The van der Waals surface area contributed by atoms with Gasteiger partial charge in [0.15, 0.2) is 0 Å². The van der Waals surface area contributed by atoms with E-state index in [1.807, 2.05) is 73.1 Å². The second-order valence-corrected chi connectivity index (χ2v) is 5.87. The molecule has 0 spiro atoms. The van der Waals surface area contributed by atoms with Crippen molar-refractivity contribution >= 4 is 11.6 Å². The molecular weight excluding hydrogens is 314 g/mol. The molecule has 5 heteroatoms. The Kier molecular flexibility index (Phi) is 4.84. The third-order valence-electron chi connectivity index (χ3n) is 4.08. The molecule has 0 aliphatic rings. The molecule has 1 aromatic heterocycles. The molecule has 5 nitrogen and oxygen atoms in total. The zero-order valence-corrected chi connectivity index (χ0v) is 14.6. The highest BCUT2D eigenvalue weighted by atomic mass is 16.5. The van der Waals surface area contributed by atoms with Crippen LogP contribution in [0.15, 0.2) is 54.6 Å². The second-order valence-electron chi connectivity index (χ2n) is 5.87. The van der Waals surface area contributed by atoms with Crippen LogP contribution in [0.2, 0.25) is 0 Å². The first kappa shape index (κ1) is 16.8. The van der Waals surface area contributed by atoms with Gasteiger partial charge in [0.1, 0.15) is 5.75 Å². The van der Waals surface area contributed by atoms with Crippen molar-refractivity contribution in [3.8, 4) is 11.4 Å². The molecule has 0 unspecified atom stereocenters. The molecule has 128 valence electrons. The van der Waals surface area contributed by atoms with Crippen LogP contribution in [0.25, 0.3) is 5.69 Å². The van der Waals surface area contributed by atoms with Gasteiger partial charge in [0, 0.05) is 0 Å². The number of para-hydroxylation sites is 1. The van der Waals surface area contributed by atoms with Gasteiger partial charge in [0.05, 0.1) is 36.3 Å². The van der Waals surface area contributed by atoms with Crippen LogP contribution in [0.3, 0.4) is 0 Å². The number of ether oxygens (including phenoxy) is 1. The zero-order chi connectivity index (χ0) is 17.8. The minimum atomic E-state index is -0.0658. The van der Waals surface area contributed by atoms with E-state index in [1.54, 1.807) is 7.11 Å². The summed E-state index contributed by atoms with van der Waals surface area (Å²) < 4.78 is 6.98. The van der Waals surface area contributed by atoms with E-state index in [0.29, 0.717) is 6.42 Å². The Balaban J connectivity index is 1.76. The number of methoxy groups -OCH3 is 1. The molecule has 2 aromatic carbocycles. The van der Waals surface area contributed by atoms with Crippen LogP contribution in [-0.4, -0.2) is 22.8 Å². The molecule has 3 aromatic rings. The van der Waals surface area contributed by atoms with E-state index in [4.69, 9.17) is 4.74 Å². The van der Waals surface area contributed by atoms with Crippen molar-refractivity contribution in [2.75, 3.05) is 12.4 Å². The number of rotatable bonds is 5. The van der Waals surface area contributed by atoms with Gasteiger partial charge in [-0.15, -0.1) is 0 Å². The number of benzene rings is 2. The molecule has 0 fully saturated rings. The Hall–Kier alpha value is -3.08. The number of carbonyl (C=O) groups is 1. The topological polar surface area (TPSA) is 56.1 Å². The molecule has 0 aliphatic carbocycles. The third kappa shape index (κ3) is 3.71. The predicted molar refractivity (Wildman–Crippen MR) is 98.4 cm³/mol. The molecule has 1 N–H and O–H groups in total. The summed E-state index contributed by atoms with van der Waals surface area (Å²) in [7, 11) is 1.62. The van der Waals surface area contributed by atoms with E-state index in [-0.39, 0.29) is 5.91 Å². The highest BCUT2D eigenvalue weighted by Crippen LogP contribution is 2.23. The molecule has 25 heavy (non-hydrogen) atoms. The van der Waals surface area contributed by atoms with Gasteiger partial charge in [-0.25, -0.2) is 4.68 Å². The first-order valence-electron chi connectivity index (χ1n) is 8.13. The number of hydrogen-bond acceptors (Lipinski definition) is 3. The highest BCUT2D eigenvalue weighted by molar-refractivity contribution is 5.93. The lowest BCUT2D eigenvalue weighted by molar-refractivity contribution is -0.115. The number of aryl methyl sites for hydroxylation is 1. The lowest BCUT2D eigenvalue weighted by Crippen LogP contribution is -2.15. The van der Waals surface area contributed by atoms with Crippen molar-refractivity contribution in [1.82, 2.24) is 9.78 Å². The standard InChI is InChI=1S/C20H21N3O2/c1-14-20(15(2)23(22-14)17-7-5-4-6-8-17)21-19(24)13-16-9-11-18(25-3)12-10-16/h4-12H,13H2,1-3H3,(H,21,24). The van der Waals surface area contributed by atoms with Crippen molar-refractivity contribution in [1.29, 1.82) is 0 Å². The molecule has 3 rings (SSSR count). The maximum Gasteiger partial charge on any atom is 0.228 e. The molecule has 0 saturated carbocycles. The van der Waals surface area contributed by atoms with Crippen LogP contribution in [0.5, 0.6) is 5.75 Å². The molecule has 1 heterocycles. The highest BCUT2D eigenvalue weighted by Gasteiger charge is 2.15. The Labute approximate surface area is 147 Å². The normalized spacial score (nSPS) is 10.5. The summed E-state index contributed by atoms with van der Waals surface area (Å²) in [6.45, 7) is 3.85. The van der Waals surface area contributed by atoms with Crippen LogP contribution in [0.4, 0.5) is 5.69 Å². The lowest BCUT2D eigenvalue weighted by Gasteiger charge is -2.08. The molecule has 0 bridgehead atoms. The summed E-state index contributed by atoms with van der Waals surface area (Å²) in [5.41, 5.74) is 4.38. The van der Waals surface area contributed by atoms with Crippen LogP contribution >= 0.6 is 0 Å². The lowest BCUT2D eigenvalue weighted by atomic mass is 10.1. The number of carbonyl (C=O) groups excluding carboxylic acids is 1. The maximum absolute atomic E-state index is 12.4. The fourth-order valence-electron chi connectivity index (χ4n) is 2.76. The third-order valence-corrected chi connectivity index (χ3v) is 4.08. The SMILES string of the molecule is COc1ccc(CC(=O)Nc2c(C)nn(-c3ccccc3)c2C)cc1. The van der Waals surface area contributed by atoms with Gasteiger partial charge in [-0.05, 0) is 43.7 Å². The molecule has 1 amide bonds. The van der Waals surface area contributed by atoms with Gasteiger partial charge in [-0.1, -0.05) is 30.3 Å². The van der Waals surface area contributed by atoms with Gasteiger partial charge in [-0.2, -0.15) is 5.10 Å². The average Bonchev–Trinajstić information content (AvgIpc) is 2.91. The minimum Gasteiger partial charge on any atom is -0.497 e. The Morgan fingerprint density at radius 1 is 1.08 bits per heavy atom. The van der Waals surface area contributed by atoms with E-state index >= 15 is 0 Å². The zero-order valence-electron chi connectivity index (χ0n) is 14.6. The number of nitrogens with one attached hydrogen (secondary N) is 1. The number of aromatic nitrogens is 2. The average molecular weight is 335 g/mol. The van der Waals surface area contributed by atoms with Crippen LogP contribution in [-0.2, 0) is 11.2 Å². The molecule has 0 atom stereocenters. The molecule has 0 saturated heterocycles.